The summed E-state index contributed by atoms with van der Waals surface area (Å²) in [4.78, 5) is 0.668. The van der Waals surface area contributed by atoms with Crippen molar-refractivity contribution in [3.8, 4) is 0 Å². The molecule has 0 saturated heterocycles. The van der Waals surface area contributed by atoms with Gasteiger partial charge in [0.2, 0.25) is 0 Å². The first kappa shape index (κ1) is 12.9. The molecule has 0 aliphatic heterocycles. The maximum atomic E-state index is 6.16. The van der Waals surface area contributed by atoms with E-state index < -0.39 is 0 Å². The Morgan fingerprint density at radius 3 is 2.50 bits per heavy atom. The fourth-order valence-corrected chi connectivity index (χ4v) is 4.04. The predicted octanol–water partition coefficient (Wildman–Crippen LogP) is 4.54. The summed E-state index contributed by atoms with van der Waals surface area (Å²) in [6.45, 7) is 5.66. The van der Waals surface area contributed by atoms with Crippen LogP contribution in [0, 0.1) is 11.3 Å². The van der Waals surface area contributed by atoms with Gasteiger partial charge in [0.25, 0.3) is 0 Å². The van der Waals surface area contributed by atoms with Gasteiger partial charge in [0, 0.05) is 16.8 Å². The van der Waals surface area contributed by atoms with Gasteiger partial charge in [-0.3, -0.25) is 0 Å². The summed E-state index contributed by atoms with van der Waals surface area (Å²) >= 11 is 3.77. The molecule has 2 saturated carbocycles. The van der Waals surface area contributed by atoms with Crippen molar-refractivity contribution in [1.82, 2.24) is 0 Å². The van der Waals surface area contributed by atoms with Crippen molar-refractivity contribution in [3.63, 3.8) is 0 Å². The smallest absolute Gasteiger partial charge is 0.0650 e. The molecule has 0 radical (unpaired) electrons. The van der Waals surface area contributed by atoms with Gasteiger partial charge in [-0.2, -0.15) is 0 Å². The van der Waals surface area contributed by atoms with Crippen LogP contribution in [0.5, 0.6) is 0 Å². The molecule has 3 unspecified atom stereocenters. The molecule has 2 fully saturated rings. The van der Waals surface area contributed by atoms with Crippen molar-refractivity contribution in [2.45, 2.75) is 69.7 Å². The molecule has 1 nitrogen and oxygen atoms in total. The molecule has 3 atom stereocenters. The molecule has 2 rings (SSSR count). The second-order valence-corrected chi connectivity index (χ2v) is 6.99. The molecule has 94 valence electrons. The topological polar surface area (TPSA) is 9.23 Å². The van der Waals surface area contributed by atoms with E-state index in [-0.39, 0.29) is 0 Å². The van der Waals surface area contributed by atoms with Gasteiger partial charge >= 0.3 is 0 Å². The molecular weight excluding hydrogens is 264 g/mol. The number of halogens is 1. The summed E-state index contributed by atoms with van der Waals surface area (Å²) in [5.41, 5.74) is 0.384. The second kappa shape index (κ2) is 5.39. The van der Waals surface area contributed by atoms with Crippen molar-refractivity contribution < 1.29 is 4.74 Å². The number of hydrogen-bond donors (Lipinski definition) is 0. The van der Waals surface area contributed by atoms with Crippen LogP contribution in [0.3, 0.4) is 0 Å². The lowest BCUT2D eigenvalue weighted by molar-refractivity contribution is -0.108. The highest BCUT2D eigenvalue weighted by atomic mass is 79.9. The zero-order chi connectivity index (χ0) is 11.6. The van der Waals surface area contributed by atoms with E-state index in [1.807, 2.05) is 0 Å². The Kier molecular flexibility index (Phi) is 4.34. The van der Waals surface area contributed by atoms with Crippen LogP contribution >= 0.6 is 15.9 Å². The molecular formula is C14H25BrO. The van der Waals surface area contributed by atoms with Gasteiger partial charge in [0.15, 0.2) is 0 Å². The van der Waals surface area contributed by atoms with Gasteiger partial charge in [-0.1, -0.05) is 49.0 Å². The lowest BCUT2D eigenvalue weighted by Gasteiger charge is -2.51. The fourth-order valence-electron chi connectivity index (χ4n) is 3.08. The van der Waals surface area contributed by atoms with Crippen molar-refractivity contribution >= 4 is 15.9 Å². The summed E-state index contributed by atoms with van der Waals surface area (Å²) in [5.74, 6) is 0.851. The first-order valence-corrected chi connectivity index (χ1v) is 7.84. The Morgan fingerprint density at radius 1 is 1.25 bits per heavy atom. The van der Waals surface area contributed by atoms with Crippen LogP contribution < -0.4 is 0 Å². The summed E-state index contributed by atoms with van der Waals surface area (Å²) in [5, 5.41) is 0. The Hall–Kier alpha value is 0.440. The molecule has 2 heteroatoms. The lowest BCUT2D eigenvalue weighted by atomic mass is 9.65. The molecule has 0 N–H and O–H groups in total. The molecule has 0 spiro atoms. The molecule has 0 aromatic carbocycles. The highest BCUT2D eigenvalue weighted by Crippen LogP contribution is 2.50. The maximum absolute atomic E-state index is 6.16. The first-order chi connectivity index (χ1) is 7.66. The third-order valence-corrected chi connectivity index (χ3v) is 6.31. The van der Waals surface area contributed by atoms with Crippen molar-refractivity contribution in [2.75, 3.05) is 6.61 Å². The van der Waals surface area contributed by atoms with E-state index in [2.05, 4.69) is 29.8 Å². The van der Waals surface area contributed by atoms with Gasteiger partial charge in [0.1, 0.15) is 0 Å². The van der Waals surface area contributed by atoms with E-state index in [1.54, 1.807) is 0 Å². The minimum absolute atomic E-state index is 0.384. The quantitative estimate of drug-likeness (QED) is 0.691. The number of rotatable bonds is 4. The van der Waals surface area contributed by atoms with Crippen LogP contribution in [-0.2, 0) is 4.74 Å². The first-order valence-electron chi connectivity index (χ1n) is 6.92. The van der Waals surface area contributed by atoms with E-state index in [9.17, 15) is 0 Å². The van der Waals surface area contributed by atoms with Crippen LogP contribution in [0.1, 0.15) is 58.8 Å². The van der Waals surface area contributed by atoms with Crippen molar-refractivity contribution in [1.29, 1.82) is 0 Å². The third-order valence-electron chi connectivity index (χ3n) is 4.89. The van der Waals surface area contributed by atoms with Crippen LogP contribution in [0.4, 0.5) is 0 Å². The Morgan fingerprint density at radius 2 is 1.94 bits per heavy atom. The number of hydrogen-bond acceptors (Lipinski definition) is 1. The molecule has 0 amide bonds. The SMILES string of the molecule is CCC1(C)C(Br)CC1OCC1CCCCC1. The van der Waals surface area contributed by atoms with E-state index in [4.69, 9.17) is 4.74 Å². The van der Waals surface area contributed by atoms with Crippen LogP contribution in [0.15, 0.2) is 0 Å². The van der Waals surface area contributed by atoms with Gasteiger partial charge in [-0.15, -0.1) is 0 Å². The van der Waals surface area contributed by atoms with Crippen LogP contribution in [0.25, 0.3) is 0 Å². The van der Waals surface area contributed by atoms with E-state index in [0.29, 0.717) is 16.3 Å². The lowest BCUT2D eigenvalue weighted by Crippen LogP contribution is -2.53. The summed E-state index contributed by atoms with van der Waals surface area (Å²) in [7, 11) is 0. The minimum Gasteiger partial charge on any atom is -0.377 e. The zero-order valence-electron chi connectivity index (χ0n) is 10.7. The standard InChI is InChI=1S/C14H25BrO/c1-3-14(2)12(15)9-13(14)16-10-11-7-5-4-6-8-11/h11-13H,3-10H2,1-2H3. The summed E-state index contributed by atoms with van der Waals surface area (Å²) in [6.07, 6.45) is 10.0. The highest BCUT2D eigenvalue weighted by Gasteiger charge is 2.49. The molecule has 2 aliphatic rings. The fraction of sp³-hybridized carbons (Fsp3) is 1.00. The van der Waals surface area contributed by atoms with E-state index in [1.165, 1.54) is 44.9 Å². The predicted molar refractivity (Wildman–Crippen MR) is 72.0 cm³/mol. The molecule has 0 aromatic rings. The Balaban J connectivity index is 1.74. The molecule has 16 heavy (non-hydrogen) atoms. The number of alkyl halides is 1. The molecule has 0 aromatic heterocycles. The average Bonchev–Trinajstić information content (AvgIpc) is 2.34. The summed E-state index contributed by atoms with van der Waals surface area (Å²) < 4.78 is 6.16. The van der Waals surface area contributed by atoms with Gasteiger partial charge in [0.05, 0.1) is 6.10 Å². The van der Waals surface area contributed by atoms with Gasteiger partial charge in [-0.25, -0.2) is 0 Å². The normalized spacial score (nSPS) is 40.7. The molecule has 0 heterocycles. The van der Waals surface area contributed by atoms with Crippen LogP contribution in [0.2, 0.25) is 0 Å². The third kappa shape index (κ3) is 2.48. The minimum atomic E-state index is 0.384. The van der Waals surface area contributed by atoms with Crippen molar-refractivity contribution in [2.24, 2.45) is 11.3 Å². The van der Waals surface area contributed by atoms with Crippen molar-refractivity contribution in [3.05, 3.63) is 0 Å². The largest absolute Gasteiger partial charge is 0.377 e. The second-order valence-electron chi connectivity index (χ2n) is 5.89. The van der Waals surface area contributed by atoms with E-state index in [0.717, 1.165) is 12.5 Å². The zero-order valence-corrected chi connectivity index (χ0v) is 12.3. The summed E-state index contributed by atoms with van der Waals surface area (Å²) in [6, 6.07) is 0. The van der Waals surface area contributed by atoms with Gasteiger partial charge in [-0.05, 0) is 31.6 Å². The molecule has 0 bridgehead atoms. The number of ether oxygens (including phenoxy) is 1. The Labute approximate surface area is 108 Å². The maximum Gasteiger partial charge on any atom is 0.0650 e. The van der Waals surface area contributed by atoms with E-state index >= 15 is 0 Å². The molecule has 2 aliphatic carbocycles. The highest BCUT2D eigenvalue weighted by molar-refractivity contribution is 9.09. The monoisotopic (exact) mass is 288 g/mol. The average molecular weight is 289 g/mol. The van der Waals surface area contributed by atoms with Gasteiger partial charge < -0.3 is 4.74 Å². The Bertz CT molecular complexity index is 225. The van der Waals surface area contributed by atoms with Crippen LogP contribution in [-0.4, -0.2) is 17.5 Å².